The topological polar surface area (TPSA) is 64.6 Å². The van der Waals surface area contributed by atoms with E-state index in [1.807, 2.05) is 36.4 Å². The quantitative estimate of drug-likeness (QED) is 0.725. The fourth-order valence-corrected chi connectivity index (χ4v) is 3.25. The lowest BCUT2D eigenvalue weighted by Gasteiger charge is -2.24. The van der Waals surface area contributed by atoms with Gasteiger partial charge in [-0.3, -0.25) is 9.59 Å². The molecule has 2 aromatic rings. The largest absolute Gasteiger partial charge is 0.490 e. The number of hydrogen-bond acceptors (Lipinski definition) is 4. The molecule has 0 saturated carbocycles. The molecule has 1 heterocycles. The molecule has 1 amide bonds. The Morgan fingerprint density at radius 1 is 0.964 bits per heavy atom. The number of ether oxygens (including phenoxy) is 2. The van der Waals surface area contributed by atoms with E-state index in [9.17, 15) is 9.59 Å². The van der Waals surface area contributed by atoms with Crippen LogP contribution in [0.25, 0.3) is 0 Å². The van der Waals surface area contributed by atoms with E-state index in [1.165, 1.54) is 0 Å². The highest BCUT2D eigenvalue weighted by Gasteiger charge is 2.21. The number of fused-ring (bicyclic) bond motifs is 1. The van der Waals surface area contributed by atoms with Crippen LogP contribution in [0, 0.1) is 5.92 Å². The lowest BCUT2D eigenvalue weighted by Crippen LogP contribution is -2.32. The number of rotatable bonds is 7. The lowest BCUT2D eigenvalue weighted by molar-refractivity contribution is -0.122. The Morgan fingerprint density at radius 3 is 2.39 bits per heavy atom. The number of carbonyl (C=O) groups is 2. The molecule has 1 aliphatic heterocycles. The van der Waals surface area contributed by atoms with E-state index in [0.717, 1.165) is 17.7 Å². The first-order valence-electron chi connectivity index (χ1n) is 9.82. The Kier molecular flexibility index (Phi) is 6.69. The summed E-state index contributed by atoms with van der Waals surface area (Å²) in [4.78, 5) is 24.7. The van der Waals surface area contributed by atoms with E-state index in [4.69, 9.17) is 9.47 Å². The van der Waals surface area contributed by atoms with Gasteiger partial charge in [0.15, 0.2) is 17.3 Å². The van der Waals surface area contributed by atoms with Gasteiger partial charge in [-0.25, -0.2) is 0 Å². The molecule has 0 radical (unpaired) electrons. The van der Waals surface area contributed by atoms with E-state index in [-0.39, 0.29) is 36.5 Å². The molecule has 2 aromatic carbocycles. The van der Waals surface area contributed by atoms with E-state index in [1.54, 1.807) is 12.1 Å². The van der Waals surface area contributed by atoms with Gasteiger partial charge >= 0.3 is 0 Å². The van der Waals surface area contributed by atoms with Crippen LogP contribution in [0.1, 0.15) is 55.1 Å². The molecule has 5 nitrogen and oxygen atoms in total. The predicted molar refractivity (Wildman–Crippen MR) is 108 cm³/mol. The highest BCUT2D eigenvalue weighted by atomic mass is 16.5. The zero-order chi connectivity index (χ0) is 19.9. The van der Waals surface area contributed by atoms with Gasteiger partial charge in [-0.2, -0.15) is 0 Å². The number of ketones is 1. The van der Waals surface area contributed by atoms with Crippen molar-refractivity contribution in [3.63, 3.8) is 0 Å². The third kappa shape index (κ3) is 5.12. The fraction of sp³-hybridized carbons (Fsp3) is 0.391. The minimum absolute atomic E-state index is 0.0209. The predicted octanol–water partition coefficient (Wildman–Crippen LogP) is 4.32. The maximum atomic E-state index is 12.5. The summed E-state index contributed by atoms with van der Waals surface area (Å²) in [6.07, 6.45) is 1.22. The smallest absolute Gasteiger partial charge is 0.220 e. The van der Waals surface area contributed by atoms with Crippen LogP contribution in [-0.2, 0) is 4.79 Å². The van der Waals surface area contributed by atoms with Crippen LogP contribution in [0.4, 0.5) is 0 Å². The van der Waals surface area contributed by atoms with Gasteiger partial charge in [-0.15, -0.1) is 0 Å². The second-order valence-electron chi connectivity index (χ2n) is 7.34. The molecule has 0 saturated heterocycles. The minimum Gasteiger partial charge on any atom is -0.490 e. The SMILES string of the molecule is CC(C)C(NC(=O)CCC(=O)c1ccccc1)c1ccc2c(c1)OCCCO2. The third-order valence-corrected chi connectivity index (χ3v) is 4.79. The standard InChI is InChI=1S/C23H27NO4/c1-16(2)23(18-9-11-20-21(15-18)28-14-6-13-27-20)24-22(26)12-10-19(25)17-7-4-3-5-8-17/h3-5,7-9,11,15-16,23H,6,10,12-14H2,1-2H3,(H,24,26). The first-order valence-corrected chi connectivity index (χ1v) is 9.82. The van der Waals surface area contributed by atoms with Gasteiger partial charge in [-0.1, -0.05) is 50.2 Å². The fourth-order valence-electron chi connectivity index (χ4n) is 3.25. The molecule has 0 spiro atoms. The number of Topliss-reactive ketones (excluding diaryl/α,β-unsaturated/α-hetero) is 1. The molecule has 0 aromatic heterocycles. The summed E-state index contributed by atoms with van der Waals surface area (Å²) in [6.45, 7) is 5.38. The molecule has 1 unspecified atom stereocenters. The molecule has 5 heteroatoms. The molecule has 1 atom stereocenters. The van der Waals surface area contributed by atoms with Crippen molar-refractivity contribution in [3.8, 4) is 11.5 Å². The highest BCUT2D eigenvalue weighted by Crippen LogP contribution is 2.34. The minimum atomic E-state index is -0.156. The van der Waals surface area contributed by atoms with Crippen LogP contribution in [0.5, 0.6) is 11.5 Å². The third-order valence-electron chi connectivity index (χ3n) is 4.79. The monoisotopic (exact) mass is 381 g/mol. The van der Waals surface area contributed by atoms with Gasteiger partial charge in [0, 0.05) is 24.8 Å². The van der Waals surface area contributed by atoms with Crippen molar-refractivity contribution in [2.24, 2.45) is 5.92 Å². The summed E-state index contributed by atoms with van der Waals surface area (Å²) in [6, 6.07) is 14.7. The van der Waals surface area contributed by atoms with Crippen molar-refractivity contribution in [1.82, 2.24) is 5.32 Å². The summed E-state index contributed by atoms with van der Waals surface area (Å²) in [5.41, 5.74) is 1.61. The van der Waals surface area contributed by atoms with Crippen molar-refractivity contribution < 1.29 is 19.1 Å². The second-order valence-corrected chi connectivity index (χ2v) is 7.34. The number of benzene rings is 2. The average Bonchev–Trinajstić information content (AvgIpc) is 2.95. The summed E-state index contributed by atoms with van der Waals surface area (Å²) >= 11 is 0. The second kappa shape index (κ2) is 9.40. The van der Waals surface area contributed by atoms with Crippen LogP contribution in [0.2, 0.25) is 0 Å². The van der Waals surface area contributed by atoms with Crippen molar-refractivity contribution in [3.05, 3.63) is 59.7 Å². The zero-order valence-electron chi connectivity index (χ0n) is 16.4. The van der Waals surface area contributed by atoms with Gasteiger partial charge in [0.25, 0.3) is 0 Å². The Hall–Kier alpha value is -2.82. The van der Waals surface area contributed by atoms with Crippen molar-refractivity contribution in [2.75, 3.05) is 13.2 Å². The number of hydrogen-bond donors (Lipinski definition) is 1. The van der Waals surface area contributed by atoms with Crippen LogP contribution >= 0.6 is 0 Å². The number of carbonyl (C=O) groups excluding carboxylic acids is 2. The summed E-state index contributed by atoms with van der Waals surface area (Å²) < 4.78 is 11.5. The molecule has 0 fully saturated rings. The molecular weight excluding hydrogens is 354 g/mol. The summed E-state index contributed by atoms with van der Waals surface area (Å²) in [5, 5.41) is 3.07. The number of nitrogens with one attached hydrogen (secondary N) is 1. The highest BCUT2D eigenvalue weighted by molar-refractivity contribution is 5.97. The van der Waals surface area contributed by atoms with Gasteiger partial charge in [0.05, 0.1) is 19.3 Å². The molecule has 3 rings (SSSR count). The molecule has 1 N–H and O–H groups in total. The first-order chi connectivity index (χ1) is 13.5. The lowest BCUT2D eigenvalue weighted by atomic mass is 9.95. The maximum absolute atomic E-state index is 12.5. The number of amides is 1. The first kappa shape index (κ1) is 19.9. The molecule has 1 aliphatic rings. The zero-order valence-corrected chi connectivity index (χ0v) is 16.4. The van der Waals surface area contributed by atoms with Crippen LogP contribution in [0.3, 0.4) is 0 Å². The molecule has 0 bridgehead atoms. The van der Waals surface area contributed by atoms with E-state index in [2.05, 4.69) is 19.2 Å². The van der Waals surface area contributed by atoms with Gasteiger partial charge in [-0.05, 0) is 23.6 Å². The maximum Gasteiger partial charge on any atom is 0.220 e. The Morgan fingerprint density at radius 2 is 1.68 bits per heavy atom. The van der Waals surface area contributed by atoms with Crippen molar-refractivity contribution >= 4 is 11.7 Å². The Labute approximate surface area is 166 Å². The molecule has 148 valence electrons. The van der Waals surface area contributed by atoms with E-state index < -0.39 is 0 Å². The van der Waals surface area contributed by atoms with E-state index in [0.29, 0.717) is 24.5 Å². The van der Waals surface area contributed by atoms with Crippen LogP contribution in [-0.4, -0.2) is 24.9 Å². The van der Waals surface area contributed by atoms with Crippen molar-refractivity contribution in [1.29, 1.82) is 0 Å². The normalized spacial score (nSPS) is 14.2. The molecule has 0 aliphatic carbocycles. The summed E-state index contributed by atoms with van der Waals surface area (Å²) in [5.74, 6) is 1.50. The Bertz CT molecular complexity index is 817. The summed E-state index contributed by atoms with van der Waals surface area (Å²) in [7, 11) is 0. The molecular formula is C23H27NO4. The van der Waals surface area contributed by atoms with Crippen LogP contribution < -0.4 is 14.8 Å². The van der Waals surface area contributed by atoms with Gasteiger partial charge in [0.2, 0.25) is 5.91 Å². The van der Waals surface area contributed by atoms with E-state index >= 15 is 0 Å². The van der Waals surface area contributed by atoms with Gasteiger partial charge < -0.3 is 14.8 Å². The average molecular weight is 381 g/mol. The van der Waals surface area contributed by atoms with Gasteiger partial charge in [0.1, 0.15) is 0 Å². The van der Waals surface area contributed by atoms with Crippen LogP contribution in [0.15, 0.2) is 48.5 Å². The Balaban J connectivity index is 1.63. The molecule has 28 heavy (non-hydrogen) atoms. The van der Waals surface area contributed by atoms with Crippen molar-refractivity contribution in [2.45, 2.75) is 39.2 Å².